The molecule has 18 heavy (non-hydrogen) atoms. The number of piperidine rings is 1. The molecule has 1 aliphatic heterocycles. The molecular weight excluding hydrogens is 271 g/mol. The molecule has 1 aromatic rings. The lowest BCUT2D eigenvalue weighted by Gasteiger charge is -2.32. The summed E-state index contributed by atoms with van der Waals surface area (Å²) in [6.45, 7) is 3.81. The Bertz CT molecular complexity index is 451. The molecule has 1 amide bonds. The highest BCUT2D eigenvalue weighted by atomic mass is 35.5. The number of nitrogens with zero attached hydrogens (tertiary/aromatic N) is 2. The van der Waals surface area contributed by atoms with Crippen molar-refractivity contribution >= 4 is 29.1 Å². The third kappa shape index (κ3) is 2.96. The maximum atomic E-state index is 12.3. The average molecular weight is 287 g/mol. The molecule has 1 atom stereocenters. The molecule has 0 bridgehead atoms. The number of carbonyl (C=O) groups is 1. The topological polar surface area (TPSA) is 33.2 Å². The van der Waals surface area contributed by atoms with Crippen LogP contribution >= 0.6 is 23.2 Å². The molecule has 1 fully saturated rings. The molecular formula is C13H16Cl2N2O. The predicted molar refractivity (Wildman–Crippen MR) is 73.2 cm³/mol. The summed E-state index contributed by atoms with van der Waals surface area (Å²) in [6, 6.07) is 1.59. The zero-order valence-corrected chi connectivity index (χ0v) is 11.8. The number of hydrogen-bond donors (Lipinski definition) is 0. The van der Waals surface area contributed by atoms with E-state index < -0.39 is 0 Å². The van der Waals surface area contributed by atoms with Gasteiger partial charge in [0.1, 0.15) is 5.15 Å². The minimum absolute atomic E-state index is 0.000725. The molecule has 2 rings (SSSR count). The van der Waals surface area contributed by atoms with Gasteiger partial charge >= 0.3 is 0 Å². The number of amides is 1. The molecule has 1 unspecified atom stereocenters. The summed E-state index contributed by atoms with van der Waals surface area (Å²) in [4.78, 5) is 18.1. The molecule has 0 spiro atoms. The van der Waals surface area contributed by atoms with Gasteiger partial charge in [-0.2, -0.15) is 0 Å². The summed E-state index contributed by atoms with van der Waals surface area (Å²) in [5.74, 6) is 0.609. The van der Waals surface area contributed by atoms with Gasteiger partial charge in [-0.1, -0.05) is 36.5 Å². The summed E-state index contributed by atoms with van der Waals surface area (Å²) < 4.78 is 0. The van der Waals surface area contributed by atoms with E-state index in [-0.39, 0.29) is 11.1 Å². The molecule has 0 aromatic carbocycles. The Kier molecular flexibility index (Phi) is 4.46. The van der Waals surface area contributed by atoms with Crippen LogP contribution < -0.4 is 0 Å². The standard InChI is InChI=1S/C13H16Cl2N2O/c1-2-9-4-3-5-17(8-9)13(18)10-6-11(14)12(15)16-7-10/h6-7,9H,2-5,8H2,1H3. The highest BCUT2D eigenvalue weighted by molar-refractivity contribution is 6.41. The Morgan fingerprint density at radius 2 is 2.33 bits per heavy atom. The molecule has 98 valence electrons. The zero-order valence-electron chi connectivity index (χ0n) is 10.3. The van der Waals surface area contributed by atoms with Gasteiger partial charge < -0.3 is 4.90 Å². The van der Waals surface area contributed by atoms with Crippen LogP contribution in [-0.2, 0) is 0 Å². The van der Waals surface area contributed by atoms with Crippen LogP contribution in [0.25, 0.3) is 0 Å². The van der Waals surface area contributed by atoms with Crippen molar-refractivity contribution in [3.63, 3.8) is 0 Å². The molecule has 5 heteroatoms. The van der Waals surface area contributed by atoms with Crippen LogP contribution in [0.2, 0.25) is 10.2 Å². The van der Waals surface area contributed by atoms with E-state index in [1.807, 2.05) is 4.90 Å². The molecule has 0 aliphatic carbocycles. The highest BCUT2D eigenvalue weighted by Crippen LogP contribution is 2.23. The lowest BCUT2D eigenvalue weighted by Crippen LogP contribution is -2.39. The van der Waals surface area contributed by atoms with E-state index in [4.69, 9.17) is 23.2 Å². The number of carbonyl (C=O) groups excluding carboxylic acids is 1. The third-order valence-corrected chi connectivity index (χ3v) is 4.11. The molecule has 0 N–H and O–H groups in total. The van der Waals surface area contributed by atoms with E-state index in [2.05, 4.69) is 11.9 Å². The lowest BCUT2D eigenvalue weighted by atomic mass is 9.95. The van der Waals surface area contributed by atoms with E-state index in [0.29, 0.717) is 16.5 Å². The molecule has 1 aliphatic rings. The van der Waals surface area contributed by atoms with Crippen LogP contribution in [-0.4, -0.2) is 28.9 Å². The van der Waals surface area contributed by atoms with Crippen molar-refractivity contribution < 1.29 is 4.79 Å². The normalized spacial score (nSPS) is 19.9. The fourth-order valence-electron chi connectivity index (χ4n) is 2.30. The van der Waals surface area contributed by atoms with Gasteiger partial charge in [-0.25, -0.2) is 4.98 Å². The first-order valence-electron chi connectivity index (χ1n) is 6.22. The summed E-state index contributed by atoms with van der Waals surface area (Å²) in [7, 11) is 0. The molecule has 1 aromatic heterocycles. The molecule has 0 radical (unpaired) electrons. The first-order valence-corrected chi connectivity index (χ1v) is 6.97. The fourth-order valence-corrected chi connectivity index (χ4v) is 2.57. The third-order valence-electron chi connectivity index (χ3n) is 3.43. The van der Waals surface area contributed by atoms with Crippen LogP contribution in [0.15, 0.2) is 12.3 Å². The first kappa shape index (κ1) is 13.6. The smallest absolute Gasteiger partial charge is 0.255 e. The van der Waals surface area contributed by atoms with Gasteiger partial charge in [0, 0.05) is 19.3 Å². The summed E-state index contributed by atoms with van der Waals surface area (Å²) in [5, 5.41) is 0.560. The number of rotatable bonds is 2. The highest BCUT2D eigenvalue weighted by Gasteiger charge is 2.23. The average Bonchev–Trinajstić information content (AvgIpc) is 2.41. The Hall–Kier alpha value is -0.800. The number of hydrogen-bond acceptors (Lipinski definition) is 2. The fraction of sp³-hybridized carbons (Fsp3) is 0.538. The van der Waals surface area contributed by atoms with E-state index in [1.165, 1.54) is 12.6 Å². The van der Waals surface area contributed by atoms with Gasteiger partial charge in [0.05, 0.1) is 10.6 Å². The maximum Gasteiger partial charge on any atom is 0.255 e. The van der Waals surface area contributed by atoms with Crippen molar-refractivity contribution in [1.29, 1.82) is 0 Å². The van der Waals surface area contributed by atoms with Crippen molar-refractivity contribution in [3.05, 3.63) is 28.0 Å². The quantitative estimate of drug-likeness (QED) is 0.778. The molecule has 1 saturated heterocycles. The Morgan fingerprint density at radius 3 is 3.00 bits per heavy atom. The Labute approximate surface area is 117 Å². The van der Waals surface area contributed by atoms with Gasteiger partial charge in [0.2, 0.25) is 0 Å². The molecule has 3 nitrogen and oxygen atoms in total. The number of aromatic nitrogens is 1. The first-order chi connectivity index (χ1) is 8.61. The van der Waals surface area contributed by atoms with E-state index in [9.17, 15) is 4.79 Å². The minimum atomic E-state index is -0.000725. The number of likely N-dealkylation sites (tertiary alicyclic amines) is 1. The largest absolute Gasteiger partial charge is 0.338 e. The van der Waals surface area contributed by atoms with E-state index >= 15 is 0 Å². The lowest BCUT2D eigenvalue weighted by molar-refractivity contribution is 0.0671. The second kappa shape index (κ2) is 5.89. The summed E-state index contributed by atoms with van der Waals surface area (Å²) in [5.41, 5.74) is 0.515. The van der Waals surface area contributed by atoms with Crippen molar-refractivity contribution in [2.75, 3.05) is 13.1 Å². The van der Waals surface area contributed by atoms with Gasteiger partial charge in [0.15, 0.2) is 0 Å². The zero-order chi connectivity index (χ0) is 13.1. The van der Waals surface area contributed by atoms with Gasteiger partial charge in [-0.15, -0.1) is 0 Å². The Morgan fingerprint density at radius 1 is 1.56 bits per heavy atom. The van der Waals surface area contributed by atoms with Crippen molar-refractivity contribution in [2.24, 2.45) is 5.92 Å². The molecule has 0 saturated carbocycles. The van der Waals surface area contributed by atoms with E-state index in [0.717, 1.165) is 25.9 Å². The van der Waals surface area contributed by atoms with Crippen molar-refractivity contribution in [2.45, 2.75) is 26.2 Å². The van der Waals surface area contributed by atoms with Crippen LogP contribution in [0.1, 0.15) is 36.5 Å². The van der Waals surface area contributed by atoms with Crippen molar-refractivity contribution in [1.82, 2.24) is 9.88 Å². The Balaban J connectivity index is 2.12. The van der Waals surface area contributed by atoms with Crippen LogP contribution in [0.5, 0.6) is 0 Å². The van der Waals surface area contributed by atoms with Gasteiger partial charge in [0.25, 0.3) is 5.91 Å². The van der Waals surface area contributed by atoms with Crippen LogP contribution in [0.4, 0.5) is 0 Å². The van der Waals surface area contributed by atoms with Crippen molar-refractivity contribution in [3.8, 4) is 0 Å². The monoisotopic (exact) mass is 286 g/mol. The second-order valence-corrected chi connectivity index (χ2v) is 5.43. The summed E-state index contributed by atoms with van der Waals surface area (Å²) in [6.07, 6.45) is 4.88. The van der Waals surface area contributed by atoms with Gasteiger partial charge in [-0.3, -0.25) is 4.79 Å². The minimum Gasteiger partial charge on any atom is -0.338 e. The van der Waals surface area contributed by atoms with Crippen LogP contribution in [0, 0.1) is 5.92 Å². The molecule has 2 heterocycles. The predicted octanol–water partition coefficient (Wildman–Crippen LogP) is 3.65. The second-order valence-electron chi connectivity index (χ2n) is 4.66. The summed E-state index contributed by atoms with van der Waals surface area (Å²) >= 11 is 11.6. The number of pyridine rings is 1. The van der Waals surface area contributed by atoms with Gasteiger partial charge in [-0.05, 0) is 24.8 Å². The van der Waals surface area contributed by atoms with E-state index in [1.54, 1.807) is 6.07 Å². The van der Waals surface area contributed by atoms with Crippen LogP contribution in [0.3, 0.4) is 0 Å². The SMILES string of the molecule is CCC1CCCN(C(=O)c2cnc(Cl)c(Cl)c2)C1. The number of halogens is 2. The maximum absolute atomic E-state index is 12.3.